The zero-order valence-corrected chi connectivity index (χ0v) is 8.71. The second kappa shape index (κ2) is 4.94. The van der Waals surface area contributed by atoms with E-state index in [0.29, 0.717) is 0 Å². The molecule has 1 aromatic rings. The Morgan fingerprint density at radius 3 is 2.59 bits per heavy atom. The molecule has 0 amide bonds. The fourth-order valence-electron chi connectivity index (χ4n) is 1.23. The lowest BCUT2D eigenvalue weighted by atomic mass is 10.1. The van der Waals surface area contributed by atoms with Crippen molar-refractivity contribution >= 4 is 17.3 Å². The number of rotatable bonds is 4. The molecule has 0 heterocycles. The molecule has 0 radical (unpaired) electrons. The van der Waals surface area contributed by atoms with Gasteiger partial charge in [-0.25, -0.2) is 4.79 Å². The number of hydrogen-bond acceptors (Lipinski definition) is 3. The van der Waals surface area contributed by atoms with Gasteiger partial charge in [-0.15, -0.1) is 0 Å². The maximum Gasteiger partial charge on any atom is 0.390 e. The summed E-state index contributed by atoms with van der Waals surface area (Å²) in [5, 5.41) is 11.2. The van der Waals surface area contributed by atoms with E-state index in [1.807, 2.05) is 0 Å². The molecule has 0 aliphatic rings. The Kier molecular flexibility index (Phi) is 3.82. The number of nitrogens with two attached hydrogens (primary N) is 1. The molecule has 0 saturated carbocycles. The highest BCUT2D eigenvalue weighted by molar-refractivity contribution is 5.95. The van der Waals surface area contributed by atoms with E-state index in [-0.39, 0.29) is 16.9 Å². The van der Waals surface area contributed by atoms with E-state index < -0.39 is 25.1 Å². The Balaban J connectivity index is 2.75. The second-order valence-corrected chi connectivity index (χ2v) is 3.40. The van der Waals surface area contributed by atoms with Crippen LogP contribution < -0.4 is 11.1 Å². The van der Waals surface area contributed by atoms with E-state index >= 15 is 0 Å². The van der Waals surface area contributed by atoms with E-state index in [1.54, 1.807) is 0 Å². The third kappa shape index (κ3) is 4.21. The summed E-state index contributed by atoms with van der Waals surface area (Å²) >= 11 is 0. The van der Waals surface area contributed by atoms with Gasteiger partial charge in [-0.1, -0.05) is 0 Å². The molecule has 0 unspecified atom stereocenters. The average Bonchev–Trinajstić information content (AvgIpc) is 2.15. The SMILES string of the molecule is Nc1ccc(C(=O)O)c(NCCC(F)(F)F)c1. The van der Waals surface area contributed by atoms with Crippen molar-refractivity contribution in [2.24, 2.45) is 0 Å². The minimum Gasteiger partial charge on any atom is -0.478 e. The molecule has 4 nitrogen and oxygen atoms in total. The monoisotopic (exact) mass is 248 g/mol. The molecule has 17 heavy (non-hydrogen) atoms. The third-order valence-electron chi connectivity index (χ3n) is 2.00. The summed E-state index contributed by atoms with van der Waals surface area (Å²) in [5.74, 6) is -1.22. The highest BCUT2D eigenvalue weighted by Crippen LogP contribution is 2.22. The van der Waals surface area contributed by atoms with Crippen LogP contribution in [0.15, 0.2) is 18.2 Å². The number of halogens is 3. The molecule has 0 atom stereocenters. The maximum atomic E-state index is 11.9. The van der Waals surface area contributed by atoms with Gasteiger partial charge in [-0.05, 0) is 18.2 Å². The first-order chi connectivity index (χ1) is 7.79. The summed E-state index contributed by atoms with van der Waals surface area (Å²) in [6.45, 7) is -0.396. The van der Waals surface area contributed by atoms with Crippen molar-refractivity contribution in [2.75, 3.05) is 17.6 Å². The number of carboxylic acid groups (broad SMARTS) is 1. The maximum absolute atomic E-state index is 11.9. The van der Waals surface area contributed by atoms with E-state index in [4.69, 9.17) is 10.8 Å². The molecule has 0 aliphatic heterocycles. The van der Waals surface area contributed by atoms with Crippen molar-refractivity contribution in [1.82, 2.24) is 0 Å². The number of carboxylic acids is 1. The van der Waals surface area contributed by atoms with E-state index in [0.717, 1.165) is 0 Å². The zero-order chi connectivity index (χ0) is 13.1. The number of alkyl halides is 3. The molecule has 1 rings (SSSR count). The molecule has 0 bridgehead atoms. The molecule has 0 spiro atoms. The Hall–Kier alpha value is -1.92. The van der Waals surface area contributed by atoms with Gasteiger partial charge in [0, 0.05) is 12.2 Å². The van der Waals surface area contributed by atoms with E-state index in [2.05, 4.69) is 5.32 Å². The lowest BCUT2D eigenvalue weighted by Gasteiger charge is -2.11. The van der Waals surface area contributed by atoms with Crippen molar-refractivity contribution in [3.63, 3.8) is 0 Å². The first kappa shape index (κ1) is 13.1. The van der Waals surface area contributed by atoms with Crippen molar-refractivity contribution in [1.29, 1.82) is 0 Å². The fraction of sp³-hybridized carbons (Fsp3) is 0.300. The van der Waals surface area contributed by atoms with Crippen LogP contribution >= 0.6 is 0 Å². The van der Waals surface area contributed by atoms with Gasteiger partial charge in [0.25, 0.3) is 0 Å². The second-order valence-electron chi connectivity index (χ2n) is 3.40. The summed E-state index contributed by atoms with van der Waals surface area (Å²) in [4.78, 5) is 10.8. The lowest BCUT2D eigenvalue weighted by molar-refractivity contribution is -0.131. The summed E-state index contributed by atoms with van der Waals surface area (Å²) in [6.07, 6.45) is -5.32. The average molecular weight is 248 g/mol. The van der Waals surface area contributed by atoms with Gasteiger partial charge in [0.2, 0.25) is 0 Å². The normalized spacial score (nSPS) is 11.2. The molecule has 1 aromatic carbocycles. The van der Waals surface area contributed by atoms with Gasteiger partial charge in [0.15, 0.2) is 0 Å². The number of nitrogens with one attached hydrogen (secondary N) is 1. The van der Waals surface area contributed by atoms with Gasteiger partial charge < -0.3 is 16.2 Å². The predicted octanol–water partition coefficient (Wildman–Crippen LogP) is 2.33. The number of anilines is 2. The van der Waals surface area contributed by atoms with Crippen LogP contribution in [0.25, 0.3) is 0 Å². The first-order valence-corrected chi connectivity index (χ1v) is 4.73. The van der Waals surface area contributed by atoms with Crippen LogP contribution in [-0.4, -0.2) is 23.8 Å². The third-order valence-corrected chi connectivity index (χ3v) is 2.00. The standard InChI is InChI=1S/C10H11F3N2O2/c11-10(12,13)3-4-15-8-5-6(14)1-2-7(8)9(16)17/h1-2,5,15H,3-4,14H2,(H,16,17). The van der Waals surface area contributed by atoms with E-state index in [9.17, 15) is 18.0 Å². The van der Waals surface area contributed by atoms with Gasteiger partial charge in [0.05, 0.1) is 17.7 Å². The van der Waals surface area contributed by atoms with Gasteiger partial charge in [-0.2, -0.15) is 13.2 Å². The Bertz CT molecular complexity index is 419. The van der Waals surface area contributed by atoms with Crippen LogP contribution in [0.5, 0.6) is 0 Å². The number of carbonyl (C=O) groups is 1. The summed E-state index contributed by atoms with van der Waals surface area (Å²) < 4.78 is 35.7. The van der Waals surface area contributed by atoms with Gasteiger partial charge >= 0.3 is 12.1 Å². The molecule has 0 aliphatic carbocycles. The lowest BCUT2D eigenvalue weighted by Crippen LogP contribution is -2.16. The Labute approximate surface area is 95.2 Å². The van der Waals surface area contributed by atoms with Gasteiger partial charge in [0.1, 0.15) is 0 Å². The van der Waals surface area contributed by atoms with E-state index in [1.165, 1.54) is 18.2 Å². The van der Waals surface area contributed by atoms with Crippen molar-refractivity contribution in [3.8, 4) is 0 Å². The summed E-state index contributed by atoms with van der Waals surface area (Å²) in [5.41, 5.74) is 5.69. The highest BCUT2D eigenvalue weighted by atomic mass is 19.4. The highest BCUT2D eigenvalue weighted by Gasteiger charge is 2.26. The van der Waals surface area contributed by atoms with Crippen molar-refractivity contribution in [3.05, 3.63) is 23.8 Å². The van der Waals surface area contributed by atoms with Crippen molar-refractivity contribution < 1.29 is 23.1 Å². The molecule has 94 valence electrons. The van der Waals surface area contributed by atoms with Crippen molar-refractivity contribution in [2.45, 2.75) is 12.6 Å². The first-order valence-electron chi connectivity index (χ1n) is 4.73. The predicted molar refractivity (Wildman–Crippen MR) is 57.0 cm³/mol. The topological polar surface area (TPSA) is 75.4 Å². The Morgan fingerprint density at radius 1 is 1.41 bits per heavy atom. The van der Waals surface area contributed by atoms with Crippen LogP contribution in [-0.2, 0) is 0 Å². The smallest absolute Gasteiger partial charge is 0.390 e. The minimum absolute atomic E-state index is 0.0850. The molecule has 0 aromatic heterocycles. The quantitative estimate of drug-likeness (QED) is 0.715. The fourth-order valence-corrected chi connectivity index (χ4v) is 1.23. The zero-order valence-electron chi connectivity index (χ0n) is 8.71. The Morgan fingerprint density at radius 2 is 2.06 bits per heavy atom. The molecular weight excluding hydrogens is 237 g/mol. The van der Waals surface area contributed by atoms with Crippen LogP contribution in [0.4, 0.5) is 24.5 Å². The minimum atomic E-state index is -4.28. The number of nitrogen functional groups attached to an aromatic ring is 1. The van der Waals surface area contributed by atoms with Gasteiger partial charge in [-0.3, -0.25) is 0 Å². The molecule has 0 saturated heterocycles. The van der Waals surface area contributed by atoms with Crippen LogP contribution in [0.1, 0.15) is 16.8 Å². The number of benzene rings is 1. The molecular formula is C10H11F3N2O2. The van der Waals surface area contributed by atoms with Crippen LogP contribution in [0.3, 0.4) is 0 Å². The number of aromatic carboxylic acids is 1. The van der Waals surface area contributed by atoms with Crippen LogP contribution in [0, 0.1) is 0 Å². The summed E-state index contributed by atoms with van der Waals surface area (Å²) in [7, 11) is 0. The number of hydrogen-bond donors (Lipinski definition) is 3. The van der Waals surface area contributed by atoms with Crippen LogP contribution in [0.2, 0.25) is 0 Å². The molecule has 7 heteroatoms. The molecule has 4 N–H and O–H groups in total. The largest absolute Gasteiger partial charge is 0.478 e. The molecule has 0 fully saturated rings. The summed E-state index contributed by atoms with van der Waals surface area (Å²) in [6, 6.07) is 3.91.